The normalized spacial score (nSPS) is 17.4. The summed E-state index contributed by atoms with van der Waals surface area (Å²) >= 11 is 0. The second kappa shape index (κ2) is 1.71. The van der Waals surface area contributed by atoms with Crippen molar-refractivity contribution in [3.63, 3.8) is 0 Å². The molecule has 1 aliphatic heterocycles. The van der Waals surface area contributed by atoms with Crippen LogP contribution in [0.1, 0.15) is 0 Å². The van der Waals surface area contributed by atoms with E-state index in [1.165, 1.54) is 0 Å². The fourth-order valence-electron chi connectivity index (χ4n) is 0.310. The van der Waals surface area contributed by atoms with Gasteiger partial charge in [0.2, 0.25) is 0 Å². The lowest BCUT2D eigenvalue weighted by Crippen LogP contribution is -2.08. The minimum absolute atomic E-state index is 0.569. The zero-order chi connectivity index (χ0) is 6.91. The first-order valence-electron chi connectivity index (χ1n) is 1.99. The molecule has 0 aromatic carbocycles. The molecule has 0 amide bonds. The minimum Gasteiger partial charge on any atom is -0.164 e. The van der Waals surface area contributed by atoms with Crippen LogP contribution >= 0.6 is 0 Å². The predicted octanol–water partition coefficient (Wildman–Crippen LogP) is 1.38. The molecule has 49 valence electrons. The van der Waals surface area contributed by atoms with E-state index in [1.54, 1.807) is 0 Å². The zero-order valence-electron chi connectivity index (χ0n) is 4.05. The third-order valence-corrected chi connectivity index (χ3v) is 0.675. The molecule has 0 N–H and O–H groups in total. The number of hydrogen-bond donors (Lipinski definition) is 0. The average Bonchev–Trinajstić information content (AvgIpc) is 2.08. The van der Waals surface area contributed by atoms with Crippen molar-refractivity contribution >= 4 is 0 Å². The summed E-state index contributed by atoms with van der Waals surface area (Å²) in [6, 6.07) is 0. The summed E-state index contributed by atoms with van der Waals surface area (Å²) in [5, 5.41) is 5.47. The Bertz CT molecular complexity index is 168. The number of allylic oxidation sites excluding steroid dienone is 1. The molecule has 1 rings (SSSR count). The lowest BCUT2D eigenvalue weighted by molar-refractivity contribution is -0.0925. The Morgan fingerprint density at radius 1 is 1.33 bits per heavy atom. The first-order valence-corrected chi connectivity index (χ1v) is 1.99. The highest BCUT2D eigenvalue weighted by Crippen LogP contribution is 2.27. The van der Waals surface area contributed by atoms with Crippen molar-refractivity contribution in [1.82, 2.24) is 5.43 Å². The van der Waals surface area contributed by atoms with Gasteiger partial charge in [-0.25, -0.2) is 0 Å². The molecule has 0 bridgehead atoms. The molecule has 1 heterocycles. The molecule has 9 heavy (non-hydrogen) atoms. The average molecular weight is 136 g/mol. The second-order valence-corrected chi connectivity index (χ2v) is 1.32. The van der Waals surface area contributed by atoms with E-state index in [0.717, 1.165) is 0 Å². The topological polar surface area (TPSA) is 38.8 Å². The highest BCUT2D eigenvalue weighted by atomic mass is 19.4. The lowest BCUT2D eigenvalue weighted by atomic mass is 10.5. The lowest BCUT2D eigenvalue weighted by Gasteiger charge is -1.98. The van der Waals surface area contributed by atoms with Crippen molar-refractivity contribution < 1.29 is 13.2 Å². The third kappa shape index (κ3) is 1.18. The van der Waals surface area contributed by atoms with Crippen LogP contribution in [0.15, 0.2) is 22.2 Å². The molecular weight excluding hydrogens is 135 g/mol. The van der Waals surface area contributed by atoms with Crippen LogP contribution in [0, 0.1) is 0 Å². The first kappa shape index (κ1) is 6.06. The van der Waals surface area contributed by atoms with E-state index in [9.17, 15) is 13.2 Å². The van der Waals surface area contributed by atoms with E-state index < -0.39 is 11.9 Å². The largest absolute Gasteiger partial charge is 0.436 e. The quantitative estimate of drug-likeness (QED) is 0.482. The third-order valence-electron chi connectivity index (χ3n) is 0.675. The van der Waals surface area contributed by atoms with E-state index in [0.29, 0.717) is 6.20 Å². The van der Waals surface area contributed by atoms with Gasteiger partial charge in [-0.15, -0.1) is 10.5 Å². The van der Waals surface area contributed by atoms with Gasteiger partial charge in [-0.3, -0.25) is 0 Å². The van der Waals surface area contributed by atoms with Crippen molar-refractivity contribution in [3.8, 4) is 0 Å². The van der Waals surface area contributed by atoms with E-state index in [4.69, 9.17) is 0 Å². The summed E-state index contributed by atoms with van der Waals surface area (Å²) in [5.41, 5.74) is 1.85. The maximum absolute atomic E-state index is 11.5. The van der Waals surface area contributed by atoms with Crippen molar-refractivity contribution in [2.75, 3.05) is 0 Å². The summed E-state index contributed by atoms with van der Waals surface area (Å²) in [7, 11) is 0. The van der Waals surface area contributed by atoms with Crippen molar-refractivity contribution in [3.05, 3.63) is 11.9 Å². The molecule has 0 unspecified atom stereocenters. The predicted molar refractivity (Wildman–Crippen MR) is 21.1 cm³/mol. The Morgan fingerprint density at radius 3 is 2.22 bits per heavy atom. The summed E-state index contributed by atoms with van der Waals surface area (Å²) in [5.74, 6) is 0. The smallest absolute Gasteiger partial charge is 0.164 e. The molecule has 0 spiro atoms. The minimum atomic E-state index is -4.41. The van der Waals surface area contributed by atoms with Crippen LogP contribution in [-0.4, -0.2) is 6.18 Å². The van der Waals surface area contributed by atoms with Crippen molar-refractivity contribution in [1.29, 1.82) is 0 Å². The molecule has 1 aliphatic rings. The Balaban J connectivity index is 2.73. The Labute approximate surface area is 48.2 Å². The highest BCUT2D eigenvalue weighted by molar-refractivity contribution is 5.06. The number of hydrogen-bond acceptors (Lipinski definition) is 2. The van der Waals surface area contributed by atoms with Gasteiger partial charge in [0.05, 0.1) is 6.20 Å². The Hall–Kier alpha value is -1.07. The molecular formula is C3HF3N3. The van der Waals surface area contributed by atoms with Crippen LogP contribution < -0.4 is 5.43 Å². The number of nitrogens with zero attached hydrogens (tertiary/aromatic N) is 3. The summed E-state index contributed by atoms with van der Waals surface area (Å²) in [4.78, 5) is 0. The van der Waals surface area contributed by atoms with Crippen LogP contribution in [0.3, 0.4) is 0 Å². The SMILES string of the molecule is FC(F)(F)C1=C[N]N=N1. The van der Waals surface area contributed by atoms with Gasteiger partial charge in [0.25, 0.3) is 0 Å². The summed E-state index contributed by atoms with van der Waals surface area (Å²) in [6.07, 6.45) is -3.84. The molecule has 0 aromatic rings. The van der Waals surface area contributed by atoms with Gasteiger partial charge in [-0.1, -0.05) is 0 Å². The fourth-order valence-corrected chi connectivity index (χ4v) is 0.310. The van der Waals surface area contributed by atoms with E-state index in [-0.39, 0.29) is 0 Å². The summed E-state index contributed by atoms with van der Waals surface area (Å²) < 4.78 is 34.4. The van der Waals surface area contributed by atoms with Crippen LogP contribution in [0.2, 0.25) is 0 Å². The molecule has 0 aliphatic carbocycles. The standard InChI is InChI=1S/C3HF3N3/c4-3(5,6)2-1-7-9-8-2/h1H. The summed E-state index contributed by atoms with van der Waals surface area (Å²) in [6.45, 7) is 0. The maximum atomic E-state index is 11.5. The molecule has 1 radical (unpaired) electrons. The second-order valence-electron chi connectivity index (χ2n) is 1.32. The van der Waals surface area contributed by atoms with Gasteiger partial charge in [-0.05, 0) is 5.22 Å². The molecule has 0 aromatic heterocycles. The first-order chi connectivity index (χ1) is 4.11. The van der Waals surface area contributed by atoms with Crippen molar-refractivity contribution in [2.24, 2.45) is 10.3 Å². The molecule has 0 saturated heterocycles. The highest BCUT2D eigenvalue weighted by Gasteiger charge is 2.36. The number of alkyl halides is 3. The van der Waals surface area contributed by atoms with Crippen LogP contribution in [0.25, 0.3) is 0 Å². The molecule has 0 atom stereocenters. The fraction of sp³-hybridized carbons (Fsp3) is 0.333. The number of rotatable bonds is 0. The van der Waals surface area contributed by atoms with Gasteiger partial charge in [0.15, 0.2) is 5.70 Å². The van der Waals surface area contributed by atoms with E-state index in [1.807, 2.05) is 0 Å². The Morgan fingerprint density at radius 2 is 2.00 bits per heavy atom. The van der Waals surface area contributed by atoms with Gasteiger partial charge >= 0.3 is 6.18 Å². The van der Waals surface area contributed by atoms with Crippen LogP contribution in [-0.2, 0) is 0 Å². The van der Waals surface area contributed by atoms with Crippen LogP contribution in [0.5, 0.6) is 0 Å². The molecule has 0 saturated carbocycles. The van der Waals surface area contributed by atoms with Gasteiger partial charge in [0, 0.05) is 0 Å². The van der Waals surface area contributed by atoms with Gasteiger partial charge in [-0.2, -0.15) is 13.2 Å². The zero-order valence-corrected chi connectivity index (χ0v) is 4.05. The molecule has 6 heteroatoms. The van der Waals surface area contributed by atoms with Crippen molar-refractivity contribution in [2.45, 2.75) is 6.18 Å². The molecule has 3 nitrogen and oxygen atoms in total. The molecule has 0 fully saturated rings. The van der Waals surface area contributed by atoms with Gasteiger partial charge < -0.3 is 0 Å². The van der Waals surface area contributed by atoms with Gasteiger partial charge in [0.1, 0.15) is 0 Å². The van der Waals surface area contributed by atoms with Crippen LogP contribution in [0.4, 0.5) is 13.2 Å². The van der Waals surface area contributed by atoms with E-state index >= 15 is 0 Å². The Kier molecular flexibility index (Phi) is 1.15. The maximum Gasteiger partial charge on any atom is 0.436 e. The number of halogens is 3. The van der Waals surface area contributed by atoms with E-state index in [2.05, 4.69) is 15.8 Å². The monoisotopic (exact) mass is 136 g/mol.